The monoisotopic (exact) mass is 548 g/mol. The van der Waals surface area contributed by atoms with Crippen LogP contribution in [0.1, 0.15) is 63.9 Å². The van der Waals surface area contributed by atoms with E-state index in [-0.39, 0.29) is 17.7 Å². The van der Waals surface area contributed by atoms with E-state index in [0.29, 0.717) is 43.6 Å². The molecule has 9 heteroatoms. The summed E-state index contributed by atoms with van der Waals surface area (Å²) in [5.41, 5.74) is 3.99. The summed E-state index contributed by atoms with van der Waals surface area (Å²) < 4.78 is 0. The number of carbonyl (C=O) groups excluding carboxylic acids is 2. The number of hydrogen-bond donors (Lipinski definition) is 3. The maximum atomic E-state index is 12.9. The zero-order valence-electron chi connectivity index (χ0n) is 22.8. The molecule has 1 unspecified atom stereocenters. The number of H-pyrrole nitrogens is 1. The molecule has 0 spiro atoms. The van der Waals surface area contributed by atoms with Crippen molar-refractivity contribution in [2.75, 3.05) is 18.8 Å². The van der Waals surface area contributed by atoms with Gasteiger partial charge in [-0.3, -0.25) is 9.59 Å². The molecule has 0 radical (unpaired) electrons. The molecule has 208 valence electrons. The molecule has 1 saturated carbocycles. The molecule has 1 fully saturated rings. The van der Waals surface area contributed by atoms with Crippen molar-refractivity contribution in [3.63, 3.8) is 0 Å². The highest BCUT2D eigenvalue weighted by atomic mass is 32.1. The number of aromatic nitrogens is 4. The molecule has 2 N–H and O–H groups in total. The van der Waals surface area contributed by atoms with E-state index in [1.54, 1.807) is 0 Å². The smallest absolute Gasteiger partial charge is 0.224 e. The Bertz CT molecular complexity index is 1180. The number of benzene rings is 2. The molecule has 1 aliphatic rings. The third kappa shape index (κ3) is 8.14. The topological polar surface area (TPSA) is 104 Å². The van der Waals surface area contributed by atoms with E-state index in [4.69, 9.17) is 0 Å². The van der Waals surface area contributed by atoms with Gasteiger partial charge in [0.25, 0.3) is 0 Å². The SMILES string of the molecule is CCCC(=O)N(CCNC(=O)C(CS)CC1CCCCC1)Cc1ccc(-c2ccccc2-c2nn[nH]n2)cc1. The molecular weight excluding hydrogens is 508 g/mol. The highest BCUT2D eigenvalue weighted by Crippen LogP contribution is 2.31. The third-order valence-corrected chi connectivity index (χ3v) is 8.02. The summed E-state index contributed by atoms with van der Waals surface area (Å²) in [5, 5.41) is 17.5. The minimum Gasteiger partial charge on any atom is -0.354 e. The first kappa shape index (κ1) is 28.8. The largest absolute Gasteiger partial charge is 0.354 e. The molecule has 4 rings (SSSR count). The molecule has 39 heavy (non-hydrogen) atoms. The molecule has 2 amide bonds. The highest BCUT2D eigenvalue weighted by molar-refractivity contribution is 7.80. The maximum Gasteiger partial charge on any atom is 0.224 e. The quantitative estimate of drug-likeness (QED) is 0.252. The van der Waals surface area contributed by atoms with Gasteiger partial charge in [0.1, 0.15) is 0 Å². The number of nitrogens with one attached hydrogen (secondary N) is 2. The zero-order valence-corrected chi connectivity index (χ0v) is 23.7. The van der Waals surface area contributed by atoms with Crippen LogP contribution in [0, 0.1) is 11.8 Å². The van der Waals surface area contributed by atoms with Crippen LogP contribution in [-0.4, -0.2) is 56.2 Å². The maximum absolute atomic E-state index is 12.9. The van der Waals surface area contributed by atoms with Gasteiger partial charge in [0, 0.05) is 43.3 Å². The number of rotatable bonds is 13. The van der Waals surface area contributed by atoms with Gasteiger partial charge in [-0.1, -0.05) is 87.6 Å². The fourth-order valence-electron chi connectivity index (χ4n) is 5.43. The second-order valence-corrected chi connectivity index (χ2v) is 10.8. The number of hydrogen-bond acceptors (Lipinski definition) is 6. The van der Waals surface area contributed by atoms with Gasteiger partial charge >= 0.3 is 0 Å². The lowest BCUT2D eigenvalue weighted by Gasteiger charge is -2.26. The van der Waals surface area contributed by atoms with E-state index in [0.717, 1.165) is 35.1 Å². The normalized spacial score (nSPS) is 14.6. The van der Waals surface area contributed by atoms with Crippen LogP contribution in [0.2, 0.25) is 0 Å². The number of amides is 2. The fraction of sp³-hybridized carbons (Fsp3) is 0.500. The molecule has 1 aliphatic carbocycles. The average Bonchev–Trinajstić information content (AvgIpc) is 3.51. The van der Waals surface area contributed by atoms with Crippen molar-refractivity contribution in [3.05, 3.63) is 54.1 Å². The Morgan fingerprint density at radius 3 is 2.49 bits per heavy atom. The van der Waals surface area contributed by atoms with E-state index >= 15 is 0 Å². The number of thiol groups is 1. The predicted octanol–water partition coefficient (Wildman–Crippen LogP) is 5.30. The van der Waals surface area contributed by atoms with Crippen LogP contribution in [-0.2, 0) is 16.1 Å². The van der Waals surface area contributed by atoms with E-state index in [1.807, 2.05) is 48.2 Å². The van der Waals surface area contributed by atoms with Gasteiger partial charge < -0.3 is 10.2 Å². The lowest BCUT2D eigenvalue weighted by Crippen LogP contribution is -2.40. The molecule has 1 atom stereocenters. The van der Waals surface area contributed by atoms with Crippen LogP contribution in [0.15, 0.2) is 48.5 Å². The van der Waals surface area contributed by atoms with Crippen molar-refractivity contribution in [2.24, 2.45) is 11.8 Å². The molecule has 1 aromatic heterocycles. The van der Waals surface area contributed by atoms with Crippen LogP contribution in [0.5, 0.6) is 0 Å². The van der Waals surface area contributed by atoms with Crippen molar-refractivity contribution < 1.29 is 9.59 Å². The summed E-state index contributed by atoms with van der Waals surface area (Å²) in [7, 11) is 0. The second kappa shape index (κ2) is 14.8. The van der Waals surface area contributed by atoms with Gasteiger partial charge in [-0.05, 0) is 40.7 Å². The van der Waals surface area contributed by atoms with E-state index in [2.05, 4.69) is 50.7 Å². The molecular formula is C30H40N6O2S. The summed E-state index contributed by atoms with van der Waals surface area (Å²) in [4.78, 5) is 27.7. The summed E-state index contributed by atoms with van der Waals surface area (Å²) in [6.45, 7) is 3.44. The van der Waals surface area contributed by atoms with Gasteiger partial charge in [0.15, 0.2) is 0 Å². The molecule has 3 aromatic rings. The fourth-order valence-corrected chi connectivity index (χ4v) is 5.74. The summed E-state index contributed by atoms with van der Waals surface area (Å²) in [6, 6.07) is 16.2. The summed E-state index contributed by atoms with van der Waals surface area (Å²) in [6.07, 6.45) is 8.49. The number of carbonyl (C=O) groups is 2. The van der Waals surface area contributed by atoms with Crippen LogP contribution < -0.4 is 5.32 Å². The molecule has 0 bridgehead atoms. The first-order chi connectivity index (χ1) is 19.1. The van der Waals surface area contributed by atoms with Crippen LogP contribution >= 0.6 is 12.6 Å². The molecule has 8 nitrogen and oxygen atoms in total. The third-order valence-electron chi connectivity index (χ3n) is 7.58. The lowest BCUT2D eigenvalue weighted by atomic mass is 9.83. The number of aromatic amines is 1. The van der Waals surface area contributed by atoms with Gasteiger partial charge in [0.05, 0.1) is 0 Å². The Morgan fingerprint density at radius 2 is 1.82 bits per heavy atom. The van der Waals surface area contributed by atoms with Gasteiger partial charge in [-0.15, -0.1) is 10.2 Å². The second-order valence-electron chi connectivity index (χ2n) is 10.5. The molecule has 1 heterocycles. The Morgan fingerprint density at radius 1 is 1.08 bits per heavy atom. The number of tetrazole rings is 1. The molecule has 0 aliphatic heterocycles. The minimum atomic E-state index is -0.0703. The van der Waals surface area contributed by atoms with Gasteiger partial charge in [-0.25, -0.2) is 0 Å². The average molecular weight is 549 g/mol. The van der Waals surface area contributed by atoms with E-state index in [1.165, 1.54) is 32.1 Å². The van der Waals surface area contributed by atoms with Crippen molar-refractivity contribution in [3.8, 4) is 22.5 Å². The highest BCUT2D eigenvalue weighted by Gasteiger charge is 2.23. The van der Waals surface area contributed by atoms with Gasteiger partial charge in [0.2, 0.25) is 17.6 Å². The van der Waals surface area contributed by atoms with Gasteiger partial charge in [-0.2, -0.15) is 17.8 Å². The van der Waals surface area contributed by atoms with Crippen molar-refractivity contribution in [1.29, 1.82) is 0 Å². The lowest BCUT2D eigenvalue weighted by molar-refractivity contribution is -0.132. The zero-order chi connectivity index (χ0) is 27.5. The first-order valence-electron chi connectivity index (χ1n) is 14.2. The summed E-state index contributed by atoms with van der Waals surface area (Å²) in [5.74, 6) is 1.83. The van der Waals surface area contributed by atoms with E-state index in [9.17, 15) is 9.59 Å². The van der Waals surface area contributed by atoms with Crippen molar-refractivity contribution >= 4 is 24.4 Å². The molecule has 0 saturated heterocycles. The minimum absolute atomic E-state index is 0.0584. The van der Waals surface area contributed by atoms with Crippen LogP contribution in [0.4, 0.5) is 0 Å². The standard InChI is InChI=1S/C30H40N6O2S/c1-2-8-28(37)36(18-17-31-30(38)25(21-39)19-22-9-4-3-5-10-22)20-23-13-15-24(16-14-23)26-11-6-7-12-27(26)29-32-34-35-33-29/h6-7,11-16,22,25,39H,2-5,8-10,17-21H2,1H3,(H,31,38)(H,32,33,34,35). The predicted molar refractivity (Wildman–Crippen MR) is 157 cm³/mol. The van der Waals surface area contributed by atoms with Crippen molar-refractivity contribution in [2.45, 2.75) is 64.8 Å². The summed E-state index contributed by atoms with van der Waals surface area (Å²) >= 11 is 4.46. The Kier molecular flexibility index (Phi) is 10.9. The Labute approximate surface area is 236 Å². The van der Waals surface area contributed by atoms with Crippen LogP contribution in [0.3, 0.4) is 0 Å². The molecule has 2 aromatic carbocycles. The Balaban J connectivity index is 1.36. The van der Waals surface area contributed by atoms with Crippen molar-refractivity contribution in [1.82, 2.24) is 30.8 Å². The van der Waals surface area contributed by atoms with Crippen LogP contribution in [0.25, 0.3) is 22.5 Å². The Hall–Kier alpha value is -3.20. The van der Waals surface area contributed by atoms with E-state index < -0.39 is 0 Å². The number of nitrogens with zero attached hydrogens (tertiary/aromatic N) is 4. The first-order valence-corrected chi connectivity index (χ1v) is 14.8.